The first-order chi connectivity index (χ1) is 9.87. The van der Waals surface area contributed by atoms with Crippen LogP contribution in [0.1, 0.15) is 25.7 Å². The molecule has 0 aromatic heterocycles. The average molecular weight is 333 g/mol. The molecule has 7 heteroatoms. The molecule has 0 heterocycles. The van der Waals surface area contributed by atoms with Crippen molar-refractivity contribution in [1.29, 1.82) is 0 Å². The van der Waals surface area contributed by atoms with Crippen molar-refractivity contribution < 1.29 is 12.8 Å². The Balaban J connectivity index is 1.75. The van der Waals surface area contributed by atoms with E-state index in [4.69, 9.17) is 17.3 Å². The lowest BCUT2D eigenvalue weighted by molar-refractivity contribution is 0.332. The molecule has 1 aromatic carbocycles. The minimum absolute atomic E-state index is 0.127. The highest BCUT2D eigenvalue weighted by Crippen LogP contribution is 2.48. The summed E-state index contributed by atoms with van der Waals surface area (Å²) in [4.78, 5) is -0.476. The summed E-state index contributed by atoms with van der Waals surface area (Å²) in [5.74, 6) is 0.749. The number of hydrogen-bond acceptors (Lipinski definition) is 3. The summed E-state index contributed by atoms with van der Waals surface area (Å²) in [6.45, 7) is 0.357. The van der Waals surface area contributed by atoms with Crippen molar-refractivity contribution in [3.8, 4) is 0 Å². The van der Waals surface area contributed by atoms with Crippen LogP contribution in [-0.2, 0) is 10.0 Å². The van der Waals surface area contributed by atoms with E-state index in [1.165, 1.54) is 25.3 Å². The Bertz CT molecular complexity index is 665. The van der Waals surface area contributed by atoms with Crippen molar-refractivity contribution in [2.45, 2.75) is 30.6 Å². The number of sulfonamides is 1. The fourth-order valence-electron chi connectivity index (χ4n) is 3.70. The van der Waals surface area contributed by atoms with E-state index in [1.54, 1.807) is 0 Å². The number of benzene rings is 1. The Morgan fingerprint density at radius 2 is 2.10 bits per heavy atom. The van der Waals surface area contributed by atoms with Gasteiger partial charge in [-0.25, -0.2) is 17.5 Å². The van der Waals surface area contributed by atoms with Crippen LogP contribution in [0.15, 0.2) is 17.0 Å². The quantitative estimate of drug-likeness (QED) is 0.833. The van der Waals surface area contributed by atoms with Gasteiger partial charge in [0, 0.05) is 12.2 Å². The van der Waals surface area contributed by atoms with Gasteiger partial charge < -0.3 is 5.73 Å². The smallest absolute Gasteiger partial charge is 0.243 e. The maximum absolute atomic E-state index is 13.9. The van der Waals surface area contributed by atoms with Crippen LogP contribution >= 0.6 is 11.6 Å². The molecule has 2 saturated carbocycles. The van der Waals surface area contributed by atoms with Crippen LogP contribution in [0.25, 0.3) is 0 Å². The van der Waals surface area contributed by atoms with E-state index in [-0.39, 0.29) is 10.7 Å². The molecule has 0 amide bonds. The van der Waals surface area contributed by atoms with E-state index in [2.05, 4.69) is 4.72 Å². The molecule has 2 bridgehead atoms. The lowest BCUT2D eigenvalue weighted by Gasteiger charge is -2.22. The van der Waals surface area contributed by atoms with E-state index in [1.807, 2.05) is 0 Å². The van der Waals surface area contributed by atoms with E-state index in [9.17, 15) is 12.8 Å². The number of fused-ring (bicyclic) bond motifs is 2. The third kappa shape index (κ3) is 2.89. The Labute approximate surface area is 128 Å². The summed E-state index contributed by atoms with van der Waals surface area (Å²) in [5.41, 5.74) is 5.68. The molecule has 1 aromatic rings. The van der Waals surface area contributed by atoms with Gasteiger partial charge in [0.1, 0.15) is 4.90 Å². The van der Waals surface area contributed by atoms with Crippen molar-refractivity contribution in [3.63, 3.8) is 0 Å². The largest absolute Gasteiger partial charge is 0.399 e. The fraction of sp³-hybridized carbons (Fsp3) is 0.571. The zero-order valence-electron chi connectivity index (χ0n) is 11.5. The maximum atomic E-state index is 13.9. The van der Waals surface area contributed by atoms with E-state index < -0.39 is 20.7 Å². The number of halogens is 2. The van der Waals surface area contributed by atoms with Crippen LogP contribution < -0.4 is 10.5 Å². The molecule has 2 aliphatic carbocycles. The highest BCUT2D eigenvalue weighted by Gasteiger charge is 2.39. The number of hydrogen-bond donors (Lipinski definition) is 2. The highest BCUT2D eigenvalue weighted by atomic mass is 35.5. The molecule has 3 unspecified atom stereocenters. The summed E-state index contributed by atoms with van der Waals surface area (Å²) < 4.78 is 40.9. The molecule has 2 fully saturated rings. The van der Waals surface area contributed by atoms with Crippen LogP contribution in [0.5, 0.6) is 0 Å². The first kappa shape index (κ1) is 15.1. The molecule has 0 spiro atoms. The van der Waals surface area contributed by atoms with Crippen LogP contribution in [0.4, 0.5) is 10.1 Å². The molecule has 4 nitrogen and oxygen atoms in total. The predicted octanol–water partition coefficient (Wildman–Crippen LogP) is 2.78. The van der Waals surface area contributed by atoms with Gasteiger partial charge in [-0.05, 0) is 49.1 Å². The molecule has 2 aliphatic rings. The number of anilines is 1. The number of nitrogens with one attached hydrogen (secondary N) is 1. The van der Waals surface area contributed by atoms with Crippen LogP contribution in [0, 0.1) is 23.6 Å². The van der Waals surface area contributed by atoms with Crippen molar-refractivity contribution in [2.24, 2.45) is 17.8 Å². The van der Waals surface area contributed by atoms with Gasteiger partial charge in [0.15, 0.2) is 5.82 Å². The molecule has 0 radical (unpaired) electrons. The standard InChI is InChI=1S/C14H18ClFN2O2S/c15-12-5-11(17)6-13(14(12)16)21(19,20)18-7-10-4-8-1-2-9(10)3-8/h5-6,8-10,18H,1-4,7,17H2. The monoisotopic (exact) mass is 332 g/mol. The maximum Gasteiger partial charge on any atom is 0.243 e. The van der Waals surface area contributed by atoms with Crippen molar-refractivity contribution in [2.75, 3.05) is 12.3 Å². The summed E-state index contributed by atoms with van der Waals surface area (Å²) in [6.07, 6.45) is 4.70. The lowest BCUT2D eigenvalue weighted by Crippen LogP contribution is -2.32. The molecule has 3 rings (SSSR count). The molecular weight excluding hydrogens is 315 g/mol. The predicted molar refractivity (Wildman–Crippen MR) is 79.9 cm³/mol. The summed E-state index contributed by atoms with van der Waals surface area (Å²) in [7, 11) is -3.93. The minimum atomic E-state index is -3.93. The third-order valence-corrected chi connectivity index (χ3v) is 6.42. The average Bonchev–Trinajstić information content (AvgIpc) is 3.03. The third-order valence-electron chi connectivity index (χ3n) is 4.73. The topological polar surface area (TPSA) is 72.2 Å². The molecule has 3 N–H and O–H groups in total. The fourth-order valence-corrected chi connectivity index (χ4v) is 5.21. The Kier molecular flexibility index (Phi) is 3.88. The second kappa shape index (κ2) is 5.41. The van der Waals surface area contributed by atoms with E-state index in [0.29, 0.717) is 18.4 Å². The highest BCUT2D eigenvalue weighted by molar-refractivity contribution is 7.89. The van der Waals surface area contributed by atoms with Crippen LogP contribution in [-0.4, -0.2) is 15.0 Å². The van der Waals surface area contributed by atoms with Gasteiger partial charge in [0.2, 0.25) is 10.0 Å². The molecular formula is C14H18ClFN2O2S. The zero-order valence-corrected chi connectivity index (χ0v) is 13.1. The SMILES string of the molecule is Nc1cc(Cl)c(F)c(S(=O)(=O)NCC2CC3CCC2C3)c1. The summed E-state index contributed by atoms with van der Waals surface area (Å²) >= 11 is 5.66. The van der Waals surface area contributed by atoms with Gasteiger partial charge in [0.25, 0.3) is 0 Å². The molecule has 116 valence electrons. The van der Waals surface area contributed by atoms with Gasteiger partial charge in [-0.2, -0.15) is 0 Å². The van der Waals surface area contributed by atoms with Gasteiger partial charge in [0.05, 0.1) is 5.02 Å². The molecule has 3 atom stereocenters. The Hall–Kier alpha value is -0.850. The number of nitrogens with two attached hydrogens (primary N) is 1. The first-order valence-electron chi connectivity index (χ1n) is 7.11. The van der Waals surface area contributed by atoms with Crippen molar-refractivity contribution in [3.05, 3.63) is 23.0 Å². The van der Waals surface area contributed by atoms with Gasteiger partial charge in [-0.15, -0.1) is 0 Å². The van der Waals surface area contributed by atoms with Crippen molar-refractivity contribution in [1.82, 2.24) is 4.72 Å². The lowest BCUT2D eigenvalue weighted by atomic mass is 9.89. The zero-order chi connectivity index (χ0) is 15.2. The van der Waals surface area contributed by atoms with Crippen LogP contribution in [0.2, 0.25) is 5.02 Å². The summed E-state index contributed by atoms with van der Waals surface area (Å²) in [6, 6.07) is 2.30. The molecule has 0 saturated heterocycles. The van der Waals surface area contributed by atoms with E-state index >= 15 is 0 Å². The summed E-state index contributed by atoms with van der Waals surface area (Å²) in [5, 5.41) is -0.282. The van der Waals surface area contributed by atoms with Gasteiger partial charge in [-0.1, -0.05) is 18.0 Å². The van der Waals surface area contributed by atoms with Gasteiger partial charge >= 0.3 is 0 Å². The molecule has 0 aliphatic heterocycles. The minimum Gasteiger partial charge on any atom is -0.399 e. The van der Waals surface area contributed by atoms with Gasteiger partial charge in [-0.3, -0.25) is 0 Å². The normalized spacial score (nSPS) is 28.2. The second-order valence-electron chi connectivity index (χ2n) is 6.10. The van der Waals surface area contributed by atoms with Crippen molar-refractivity contribution >= 4 is 27.3 Å². The number of nitrogen functional groups attached to an aromatic ring is 1. The number of rotatable bonds is 4. The first-order valence-corrected chi connectivity index (χ1v) is 8.97. The second-order valence-corrected chi connectivity index (χ2v) is 8.24. The van der Waals surface area contributed by atoms with Crippen LogP contribution in [0.3, 0.4) is 0 Å². The van der Waals surface area contributed by atoms with E-state index in [0.717, 1.165) is 18.4 Å². The Morgan fingerprint density at radius 3 is 2.71 bits per heavy atom. The molecule has 21 heavy (non-hydrogen) atoms. The Morgan fingerprint density at radius 1 is 1.33 bits per heavy atom.